The number of anilines is 3. The zero-order valence-corrected chi connectivity index (χ0v) is 28.1. The molecule has 1 heterocycles. The van der Waals surface area contributed by atoms with E-state index in [-0.39, 0.29) is 0 Å². The van der Waals surface area contributed by atoms with Crippen molar-refractivity contribution in [3.63, 3.8) is 0 Å². The lowest BCUT2D eigenvalue weighted by Crippen LogP contribution is -2.09. The largest absolute Gasteiger partial charge is 0.311 e. The predicted octanol–water partition coefficient (Wildman–Crippen LogP) is 14.3. The Balaban J connectivity index is 1.01. The third-order valence-corrected chi connectivity index (χ3v) is 11.3. The lowest BCUT2D eigenvalue weighted by Gasteiger charge is -2.26. The quantitative estimate of drug-likeness (QED) is 0.167. The normalized spacial score (nSPS) is 11.6. The van der Waals surface area contributed by atoms with Crippen molar-refractivity contribution in [2.24, 2.45) is 0 Å². The lowest BCUT2D eigenvalue weighted by atomic mass is 9.94. The molecule has 0 aliphatic rings. The van der Waals surface area contributed by atoms with Crippen molar-refractivity contribution in [3.05, 3.63) is 188 Å². The molecule has 0 N–H and O–H groups in total. The minimum absolute atomic E-state index is 1.12. The van der Waals surface area contributed by atoms with Crippen molar-refractivity contribution in [2.75, 3.05) is 4.90 Å². The van der Waals surface area contributed by atoms with Crippen LogP contribution in [-0.4, -0.2) is 0 Å². The molecule has 0 bridgehead atoms. The van der Waals surface area contributed by atoms with Crippen molar-refractivity contribution in [3.8, 4) is 22.3 Å². The number of rotatable bonds is 5. The first-order chi connectivity index (χ1) is 24.8. The maximum atomic E-state index is 2.34. The number of para-hydroxylation sites is 1. The summed E-state index contributed by atoms with van der Waals surface area (Å²) in [7, 11) is 0. The Labute approximate surface area is 294 Å². The summed E-state index contributed by atoms with van der Waals surface area (Å²) in [6.45, 7) is 0. The Kier molecular flexibility index (Phi) is 6.75. The molecule has 9 aromatic carbocycles. The van der Waals surface area contributed by atoms with Crippen molar-refractivity contribution in [1.29, 1.82) is 0 Å². The first-order valence-corrected chi connectivity index (χ1v) is 17.9. The van der Waals surface area contributed by atoms with Gasteiger partial charge in [0.15, 0.2) is 0 Å². The molecule has 1 nitrogen and oxygen atoms in total. The van der Waals surface area contributed by atoms with E-state index in [4.69, 9.17) is 0 Å². The van der Waals surface area contributed by atoms with Gasteiger partial charge in [-0.1, -0.05) is 140 Å². The maximum Gasteiger partial charge on any atom is 0.0462 e. The van der Waals surface area contributed by atoms with Crippen LogP contribution < -0.4 is 4.90 Å². The second-order valence-electron chi connectivity index (χ2n) is 12.9. The molecular formula is C48H31NS. The van der Waals surface area contributed by atoms with Crippen LogP contribution in [0.3, 0.4) is 0 Å². The van der Waals surface area contributed by atoms with Gasteiger partial charge >= 0.3 is 0 Å². The van der Waals surface area contributed by atoms with Crippen molar-refractivity contribution in [2.45, 2.75) is 0 Å². The minimum Gasteiger partial charge on any atom is -0.311 e. The minimum atomic E-state index is 1.12. The number of hydrogen-bond acceptors (Lipinski definition) is 2. The van der Waals surface area contributed by atoms with Crippen LogP contribution in [-0.2, 0) is 0 Å². The summed E-state index contributed by atoms with van der Waals surface area (Å²) in [5.41, 5.74) is 8.31. The zero-order valence-electron chi connectivity index (χ0n) is 27.3. The smallest absolute Gasteiger partial charge is 0.0462 e. The second kappa shape index (κ2) is 11.7. The third-order valence-electron chi connectivity index (χ3n) is 10.0. The van der Waals surface area contributed by atoms with Gasteiger partial charge in [0.05, 0.1) is 0 Å². The lowest BCUT2D eigenvalue weighted by molar-refractivity contribution is 1.28. The van der Waals surface area contributed by atoms with Crippen LogP contribution in [0.1, 0.15) is 0 Å². The van der Waals surface area contributed by atoms with Crippen LogP contribution in [0.2, 0.25) is 0 Å². The highest BCUT2D eigenvalue weighted by molar-refractivity contribution is 7.26. The Morgan fingerprint density at radius 2 is 0.920 bits per heavy atom. The topological polar surface area (TPSA) is 3.24 Å². The van der Waals surface area contributed by atoms with Gasteiger partial charge in [0.2, 0.25) is 0 Å². The molecule has 0 saturated heterocycles. The summed E-state index contributed by atoms with van der Waals surface area (Å²) in [5.74, 6) is 0. The van der Waals surface area contributed by atoms with Crippen LogP contribution in [0.4, 0.5) is 17.1 Å². The number of hydrogen-bond donors (Lipinski definition) is 0. The molecule has 50 heavy (non-hydrogen) atoms. The summed E-state index contributed by atoms with van der Waals surface area (Å²) >= 11 is 1.88. The highest BCUT2D eigenvalue weighted by Crippen LogP contribution is 2.42. The summed E-state index contributed by atoms with van der Waals surface area (Å²) < 4.78 is 2.67. The van der Waals surface area contributed by atoms with Crippen LogP contribution in [0, 0.1) is 0 Å². The van der Waals surface area contributed by atoms with Crippen LogP contribution >= 0.6 is 11.3 Å². The molecule has 10 aromatic rings. The standard InChI is InChI=1S/C48H31NS/c1-2-10-38(11-3-1)49(40-28-23-34(24-29-40)43-14-8-15-45-44-13-6-7-16-46(44)50-48(43)45)39-26-21-32(22-27-39)36-25-30-42-37(31-36)20-19-35-18-17-33-9-4-5-12-41(33)47(35)42/h1-31H. The molecule has 0 spiro atoms. The first kappa shape index (κ1) is 28.8. The summed E-state index contributed by atoms with van der Waals surface area (Å²) in [6.07, 6.45) is 0. The fourth-order valence-electron chi connectivity index (χ4n) is 7.61. The van der Waals surface area contributed by atoms with Gasteiger partial charge in [0.25, 0.3) is 0 Å². The number of nitrogens with zero attached hydrogens (tertiary/aromatic N) is 1. The SMILES string of the molecule is c1ccc(N(c2ccc(-c3ccc4c(ccc5ccc6ccccc6c54)c3)cc2)c2ccc(-c3cccc4c3sc3ccccc34)cc2)cc1. The fraction of sp³-hybridized carbons (Fsp3) is 0. The van der Waals surface area contributed by atoms with Crippen molar-refractivity contribution < 1.29 is 0 Å². The third kappa shape index (κ3) is 4.76. The highest BCUT2D eigenvalue weighted by Gasteiger charge is 2.15. The van der Waals surface area contributed by atoms with Crippen molar-refractivity contribution >= 4 is 80.9 Å². The highest BCUT2D eigenvalue weighted by atomic mass is 32.1. The van der Waals surface area contributed by atoms with E-state index < -0.39 is 0 Å². The Morgan fingerprint density at radius 1 is 0.340 bits per heavy atom. The van der Waals surface area contributed by atoms with Gasteiger partial charge in [0.1, 0.15) is 0 Å². The molecule has 234 valence electrons. The van der Waals surface area contributed by atoms with E-state index in [1.54, 1.807) is 0 Å². The molecule has 0 fully saturated rings. The molecule has 0 aliphatic heterocycles. The van der Waals surface area contributed by atoms with E-state index in [1.165, 1.54) is 74.7 Å². The summed E-state index contributed by atoms with van der Waals surface area (Å²) in [6, 6.07) is 68.6. The molecule has 0 aliphatic carbocycles. The van der Waals surface area contributed by atoms with Gasteiger partial charge in [-0.05, 0) is 103 Å². The van der Waals surface area contributed by atoms with Gasteiger partial charge in [-0.25, -0.2) is 0 Å². The second-order valence-corrected chi connectivity index (χ2v) is 14.0. The first-order valence-electron chi connectivity index (χ1n) is 17.1. The Bertz CT molecular complexity index is 2850. The number of fused-ring (bicyclic) bond motifs is 8. The molecule has 0 amide bonds. The number of benzene rings is 9. The monoisotopic (exact) mass is 653 g/mol. The average molecular weight is 654 g/mol. The van der Waals surface area contributed by atoms with Gasteiger partial charge in [-0.3, -0.25) is 0 Å². The van der Waals surface area contributed by atoms with Gasteiger partial charge in [0, 0.05) is 37.2 Å². The van der Waals surface area contributed by atoms with Crippen molar-refractivity contribution in [1.82, 2.24) is 0 Å². The van der Waals surface area contributed by atoms with Gasteiger partial charge in [-0.15, -0.1) is 11.3 Å². The predicted molar refractivity (Wildman–Crippen MR) is 217 cm³/mol. The zero-order chi connectivity index (χ0) is 33.0. The fourth-order valence-corrected chi connectivity index (χ4v) is 8.85. The van der Waals surface area contributed by atoms with E-state index in [9.17, 15) is 0 Å². The average Bonchev–Trinajstić information content (AvgIpc) is 3.58. The van der Waals surface area contributed by atoms with Gasteiger partial charge < -0.3 is 4.90 Å². The molecule has 2 heteroatoms. The van der Waals surface area contributed by atoms with Crippen LogP contribution in [0.5, 0.6) is 0 Å². The molecule has 0 saturated carbocycles. The summed E-state index contributed by atoms with van der Waals surface area (Å²) in [5, 5.41) is 10.4. The van der Waals surface area contributed by atoms with E-state index >= 15 is 0 Å². The maximum absolute atomic E-state index is 2.34. The van der Waals surface area contributed by atoms with E-state index in [2.05, 4.69) is 193 Å². The van der Waals surface area contributed by atoms with E-state index in [1.807, 2.05) is 11.3 Å². The molecule has 0 atom stereocenters. The Hall–Kier alpha value is -6.22. The number of thiophene rings is 1. The van der Waals surface area contributed by atoms with Crippen LogP contribution in [0.15, 0.2) is 188 Å². The Morgan fingerprint density at radius 3 is 1.72 bits per heavy atom. The summed E-state index contributed by atoms with van der Waals surface area (Å²) in [4.78, 5) is 2.34. The molecule has 1 aromatic heterocycles. The molecule has 0 unspecified atom stereocenters. The van der Waals surface area contributed by atoms with Gasteiger partial charge in [-0.2, -0.15) is 0 Å². The molecular weight excluding hydrogens is 623 g/mol. The van der Waals surface area contributed by atoms with Crippen LogP contribution in [0.25, 0.3) is 74.7 Å². The molecule has 0 radical (unpaired) electrons. The molecule has 10 rings (SSSR count). The van der Waals surface area contributed by atoms with E-state index in [0.717, 1.165) is 17.1 Å². The van der Waals surface area contributed by atoms with E-state index in [0.29, 0.717) is 0 Å².